The molecule has 0 aliphatic rings. The summed E-state index contributed by atoms with van der Waals surface area (Å²) >= 11 is 0. The molecular weight excluding hydrogens is 275 g/mol. The molecule has 1 aromatic carbocycles. The van der Waals surface area contributed by atoms with Crippen LogP contribution in [0.2, 0.25) is 0 Å². The second kappa shape index (κ2) is 8.20. The molecule has 0 aliphatic heterocycles. The predicted octanol–water partition coefficient (Wildman–Crippen LogP) is 2.44. The van der Waals surface area contributed by atoms with E-state index in [1.54, 1.807) is 33.0 Å². The first-order chi connectivity index (χ1) is 9.50. The van der Waals surface area contributed by atoms with Crippen molar-refractivity contribution in [1.82, 2.24) is 10.4 Å². The van der Waals surface area contributed by atoms with Crippen LogP contribution < -0.4 is 14.9 Å². The van der Waals surface area contributed by atoms with Gasteiger partial charge in [-0.05, 0) is 26.1 Å². The van der Waals surface area contributed by atoms with Crippen molar-refractivity contribution in [3.8, 4) is 5.75 Å². The smallest absolute Gasteiger partial charge is 0.318 e. The average Bonchev–Trinajstić information content (AvgIpc) is 2.45. The second-order valence-corrected chi connectivity index (χ2v) is 6.81. The van der Waals surface area contributed by atoms with Gasteiger partial charge in [0, 0.05) is 13.0 Å². The topological polar surface area (TPSA) is 67.4 Å². The Labute approximate surface area is 120 Å². The Balaban J connectivity index is 2.80. The van der Waals surface area contributed by atoms with E-state index in [0.717, 1.165) is 0 Å². The lowest BCUT2D eigenvalue weighted by molar-refractivity contribution is -0.120. The number of benzene rings is 1. The fourth-order valence-electron chi connectivity index (χ4n) is 1.72. The van der Waals surface area contributed by atoms with Crippen molar-refractivity contribution in [2.24, 2.45) is 0 Å². The largest absolute Gasteiger partial charge is 0.433 e. The highest BCUT2D eigenvalue weighted by atomic mass is 31.2. The zero-order valence-corrected chi connectivity index (χ0v) is 13.2. The predicted molar refractivity (Wildman–Crippen MR) is 81.4 cm³/mol. The summed E-state index contributed by atoms with van der Waals surface area (Å²) in [6, 6.07) is 8.52. The minimum Gasteiger partial charge on any atom is -0.433 e. The lowest BCUT2D eigenvalue weighted by Gasteiger charge is -2.23. The molecule has 0 radical (unpaired) electrons. The third-order valence-corrected chi connectivity index (χ3v) is 4.97. The van der Waals surface area contributed by atoms with E-state index >= 15 is 0 Å². The highest BCUT2D eigenvalue weighted by Gasteiger charge is 2.28. The molecule has 0 fully saturated rings. The first-order valence-electron chi connectivity index (χ1n) is 6.79. The van der Waals surface area contributed by atoms with Gasteiger partial charge in [0.2, 0.25) is 0 Å². The maximum absolute atomic E-state index is 12.8. The fourth-order valence-corrected chi connectivity index (χ4v) is 3.71. The molecule has 0 spiro atoms. The average molecular weight is 298 g/mol. The summed E-state index contributed by atoms with van der Waals surface area (Å²) in [5.74, 6) is 0.557. The van der Waals surface area contributed by atoms with E-state index in [4.69, 9.17) is 4.52 Å². The summed E-state index contributed by atoms with van der Waals surface area (Å²) in [4.78, 5) is 11.7. The fraction of sp³-hybridized carbons (Fsp3) is 0.500. The Morgan fingerprint density at radius 1 is 1.35 bits per heavy atom. The van der Waals surface area contributed by atoms with Crippen LogP contribution in [-0.4, -0.2) is 31.6 Å². The molecule has 6 heteroatoms. The summed E-state index contributed by atoms with van der Waals surface area (Å²) in [5, 5.41) is 5.82. The van der Waals surface area contributed by atoms with Crippen LogP contribution in [0.25, 0.3) is 0 Å². The van der Waals surface area contributed by atoms with E-state index in [1.165, 1.54) is 0 Å². The van der Waals surface area contributed by atoms with Crippen LogP contribution in [0.15, 0.2) is 30.3 Å². The maximum atomic E-state index is 12.8. The van der Waals surface area contributed by atoms with Gasteiger partial charge in [-0.15, -0.1) is 0 Å². The van der Waals surface area contributed by atoms with Gasteiger partial charge >= 0.3 is 7.52 Å². The molecule has 0 aromatic heterocycles. The molecule has 0 bridgehead atoms. The number of rotatable bonds is 9. The van der Waals surface area contributed by atoms with Crippen LogP contribution in [0.5, 0.6) is 5.75 Å². The minimum atomic E-state index is -3.11. The number of hydrogen-bond donors (Lipinski definition) is 2. The van der Waals surface area contributed by atoms with E-state index in [9.17, 15) is 9.36 Å². The highest BCUT2D eigenvalue weighted by Crippen LogP contribution is 2.43. The van der Waals surface area contributed by atoms with E-state index in [-0.39, 0.29) is 5.78 Å². The molecule has 1 unspecified atom stereocenters. The first-order valence-corrected chi connectivity index (χ1v) is 8.60. The minimum absolute atomic E-state index is 0.0198. The molecule has 5 nitrogen and oxygen atoms in total. The van der Waals surface area contributed by atoms with Gasteiger partial charge in [-0.1, -0.05) is 25.1 Å². The Bertz CT molecular complexity index is 465. The third-order valence-electron chi connectivity index (χ3n) is 2.87. The molecule has 2 N–H and O–H groups in total. The van der Waals surface area contributed by atoms with Gasteiger partial charge in [0.15, 0.2) is 0 Å². The van der Waals surface area contributed by atoms with Gasteiger partial charge < -0.3 is 9.84 Å². The van der Waals surface area contributed by atoms with Gasteiger partial charge in [-0.25, -0.2) is 5.09 Å². The van der Waals surface area contributed by atoms with Crippen molar-refractivity contribution in [3.63, 3.8) is 0 Å². The number of carbonyl (C=O) groups excluding carboxylic acids is 1. The molecule has 0 aliphatic carbocycles. The van der Waals surface area contributed by atoms with Gasteiger partial charge in [0.25, 0.3) is 0 Å². The molecule has 0 heterocycles. The quantitative estimate of drug-likeness (QED) is 0.685. The van der Waals surface area contributed by atoms with Crippen molar-refractivity contribution in [2.45, 2.75) is 26.3 Å². The summed E-state index contributed by atoms with van der Waals surface area (Å²) < 4.78 is 18.5. The molecule has 0 amide bonds. The molecular formula is C14H23N2O3P. The van der Waals surface area contributed by atoms with Gasteiger partial charge in [-0.2, -0.15) is 0 Å². The molecule has 1 rings (SSSR count). The Morgan fingerprint density at radius 2 is 2.00 bits per heavy atom. The maximum Gasteiger partial charge on any atom is 0.318 e. The third kappa shape index (κ3) is 5.45. The van der Waals surface area contributed by atoms with Crippen molar-refractivity contribution in [3.05, 3.63) is 30.3 Å². The van der Waals surface area contributed by atoms with Crippen LogP contribution >= 0.6 is 7.52 Å². The van der Waals surface area contributed by atoms with Gasteiger partial charge in [0.1, 0.15) is 11.5 Å². The van der Waals surface area contributed by atoms with Crippen LogP contribution in [0, 0.1) is 0 Å². The van der Waals surface area contributed by atoms with Crippen molar-refractivity contribution in [2.75, 3.05) is 19.8 Å². The van der Waals surface area contributed by atoms with Crippen molar-refractivity contribution < 1.29 is 13.9 Å². The number of hydrogen-bond acceptors (Lipinski definition) is 4. The molecule has 20 heavy (non-hydrogen) atoms. The van der Waals surface area contributed by atoms with Crippen molar-refractivity contribution >= 4 is 13.3 Å². The van der Waals surface area contributed by atoms with Crippen LogP contribution in [0.4, 0.5) is 0 Å². The molecule has 0 saturated heterocycles. The van der Waals surface area contributed by atoms with E-state index in [0.29, 0.717) is 24.9 Å². The summed E-state index contributed by atoms with van der Waals surface area (Å²) in [5.41, 5.74) is 0. The summed E-state index contributed by atoms with van der Waals surface area (Å²) in [7, 11) is -1.33. The number of ketones is 1. The lowest BCUT2D eigenvalue weighted by atomic mass is 10.2. The van der Waals surface area contributed by atoms with E-state index < -0.39 is 13.6 Å². The number of nitrogens with one attached hydrogen (secondary N) is 2. The zero-order valence-electron chi connectivity index (χ0n) is 12.3. The zero-order chi connectivity index (χ0) is 15.0. The monoisotopic (exact) mass is 298 g/mol. The Hall–Kier alpha value is -1.16. The first kappa shape index (κ1) is 16.9. The van der Waals surface area contributed by atoms with Crippen LogP contribution in [0.1, 0.15) is 20.3 Å². The Morgan fingerprint density at radius 3 is 2.55 bits per heavy atom. The Kier molecular flexibility index (Phi) is 6.93. The van der Waals surface area contributed by atoms with Crippen LogP contribution in [0.3, 0.4) is 0 Å². The SMILES string of the molecule is CCC(=O)[C@H](C)NP(=O)(CCNC)Oc1ccccc1. The molecule has 112 valence electrons. The summed E-state index contributed by atoms with van der Waals surface area (Å²) in [6.07, 6.45) is 0.727. The summed E-state index contributed by atoms with van der Waals surface area (Å²) in [6.45, 7) is 4.05. The number of Topliss-reactive ketones (excluding diaryl/α,β-unsaturated/α-hetero) is 1. The lowest BCUT2D eigenvalue weighted by Crippen LogP contribution is -2.34. The standard InChI is InChI=1S/C14H23N2O3P/c1-4-14(17)12(2)16-20(18,11-10-15-3)19-13-8-6-5-7-9-13/h5-9,12,15H,4,10-11H2,1-3H3,(H,16,18)/t12-,20?/m0/s1. The van der Waals surface area contributed by atoms with Crippen LogP contribution in [-0.2, 0) is 9.36 Å². The van der Waals surface area contributed by atoms with Gasteiger partial charge in [0.05, 0.1) is 12.2 Å². The van der Waals surface area contributed by atoms with Crippen molar-refractivity contribution in [1.29, 1.82) is 0 Å². The van der Waals surface area contributed by atoms with Gasteiger partial charge in [-0.3, -0.25) is 9.36 Å². The highest BCUT2D eigenvalue weighted by molar-refractivity contribution is 7.57. The second-order valence-electron chi connectivity index (χ2n) is 4.58. The van der Waals surface area contributed by atoms with E-state index in [2.05, 4.69) is 10.4 Å². The molecule has 0 saturated carbocycles. The molecule has 1 aromatic rings. The number of para-hydroxylation sites is 1. The molecule has 2 atom stereocenters. The normalized spacial score (nSPS) is 15.3. The number of carbonyl (C=O) groups is 1. The van der Waals surface area contributed by atoms with E-state index in [1.807, 2.05) is 18.2 Å².